The zero-order valence-electron chi connectivity index (χ0n) is 11.1. The number of hydrogen-bond donors (Lipinski definition) is 2. The Bertz CT molecular complexity index is 639. The summed E-state index contributed by atoms with van der Waals surface area (Å²) in [5, 5.41) is 6.77. The van der Waals surface area contributed by atoms with Crippen LogP contribution in [0.3, 0.4) is 0 Å². The highest BCUT2D eigenvalue weighted by Crippen LogP contribution is 2.10. The van der Waals surface area contributed by atoms with Crippen molar-refractivity contribution in [1.82, 2.24) is 14.8 Å². The molecule has 20 heavy (non-hydrogen) atoms. The fourth-order valence-electron chi connectivity index (χ4n) is 1.59. The van der Waals surface area contributed by atoms with Crippen LogP contribution in [0.2, 0.25) is 0 Å². The van der Waals surface area contributed by atoms with Gasteiger partial charge in [0.05, 0.1) is 6.54 Å². The molecule has 0 bridgehead atoms. The summed E-state index contributed by atoms with van der Waals surface area (Å²) in [5.41, 5.74) is 6.08. The highest BCUT2D eigenvalue weighted by Gasteiger charge is 2.15. The van der Waals surface area contributed by atoms with Crippen LogP contribution in [0.25, 0.3) is 0 Å². The minimum atomic E-state index is -0.411. The first-order chi connectivity index (χ1) is 9.70. The molecule has 2 rings (SSSR count). The zero-order chi connectivity index (χ0) is 14.4. The van der Waals surface area contributed by atoms with Gasteiger partial charge in [-0.05, 0) is 25.1 Å². The third-order valence-corrected chi connectivity index (χ3v) is 2.65. The standard InChI is InChI=1S/C14H15N5O/c1-11(19-9-3-7-17-19)14(20)18-13-10-12(4-2-6-15)5-8-16-13/h3,5,7-11H,6,15H2,1H3,(H,16,18,20). The Balaban J connectivity index is 2.08. The summed E-state index contributed by atoms with van der Waals surface area (Å²) in [6, 6.07) is 4.82. The molecule has 1 atom stereocenters. The molecule has 0 aliphatic rings. The number of nitrogens with two attached hydrogens (primary N) is 1. The van der Waals surface area contributed by atoms with Crippen LogP contribution in [-0.4, -0.2) is 27.2 Å². The molecule has 0 aromatic carbocycles. The summed E-state index contributed by atoms with van der Waals surface area (Å²) in [6.45, 7) is 2.06. The second kappa shape index (κ2) is 6.50. The van der Waals surface area contributed by atoms with Gasteiger partial charge < -0.3 is 11.1 Å². The van der Waals surface area contributed by atoms with E-state index >= 15 is 0 Å². The molecule has 102 valence electrons. The molecule has 1 amide bonds. The van der Waals surface area contributed by atoms with E-state index in [1.165, 1.54) is 0 Å². The lowest BCUT2D eigenvalue weighted by molar-refractivity contribution is -0.119. The molecule has 2 heterocycles. The molecule has 1 unspecified atom stereocenters. The van der Waals surface area contributed by atoms with E-state index in [-0.39, 0.29) is 5.91 Å². The van der Waals surface area contributed by atoms with Crippen LogP contribution in [0.15, 0.2) is 36.8 Å². The Morgan fingerprint density at radius 3 is 3.10 bits per heavy atom. The summed E-state index contributed by atoms with van der Waals surface area (Å²) < 4.78 is 1.58. The Morgan fingerprint density at radius 2 is 2.40 bits per heavy atom. The normalized spacial score (nSPS) is 11.3. The number of aromatic nitrogens is 3. The number of hydrogen-bond acceptors (Lipinski definition) is 4. The maximum atomic E-state index is 12.1. The molecule has 0 aliphatic heterocycles. The van der Waals surface area contributed by atoms with Gasteiger partial charge in [-0.3, -0.25) is 9.48 Å². The number of nitrogens with one attached hydrogen (secondary N) is 1. The van der Waals surface area contributed by atoms with E-state index < -0.39 is 6.04 Å². The van der Waals surface area contributed by atoms with Crippen molar-refractivity contribution in [2.45, 2.75) is 13.0 Å². The Labute approximate surface area is 117 Å². The molecule has 0 spiro atoms. The largest absolute Gasteiger partial charge is 0.320 e. The molecule has 0 aliphatic carbocycles. The van der Waals surface area contributed by atoms with Gasteiger partial charge >= 0.3 is 0 Å². The third kappa shape index (κ3) is 3.43. The van der Waals surface area contributed by atoms with E-state index in [2.05, 4.69) is 27.2 Å². The number of carbonyl (C=O) groups is 1. The third-order valence-electron chi connectivity index (χ3n) is 2.65. The van der Waals surface area contributed by atoms with E-state index in [0.717, 1.165) is 5.56 Å². The summed E-state index contributed by atoms with van der Waals surface area (Å²) in [5.74, 6) is 5.91. The summed E-state index contributed by atoms with van der Waals surface area (Å²) in [7, 11) is 0. The summed E-state index contributed by atoms with van der Waals surface area (Å²) in [4.78, 5) is 16.2. The van der Waals surface area contributed by atoms with Crippen molar-refractivity contribution in [3.63, 3.8) is 0 Å². The van der Waals surface area contributed by atoms with Crippen LogP contribution >= 0.6 is 0 Å². The SMILES string of the molecule is CC(C(=O)Nc1cc(C#CCN)ccn1)n1cccn1. The first-order valence-electron chi connectivity index (χ1n) is 6.15. The molecule has 0 saturated carbocycles. The van der Waals surface area contributed by atoms with Crippen molar-refractivity contribution in [1.29, 1.82) is 0 Å². The maximum Gasteiger partial charge on any atom is 0.250 e. The Morgan fingerprint density at radius 1 is 1.55 bits per heavy atom. The van der Waals surface area contributed by atoms with E-state index in [9.17, 15) is 4.79 Å². The summed E-state index contributed by atoms with van der Waals surface area (Å²) in [6.07, 6.45) is 4.96. The number of pyridine rings is 1. The average Bonchev–Trinajstić information content (AvgIpc) is 2.98. The molecular formula is C14H15N5O. The number of rotatable bonds is 3. The highest BCUT2D eigenvalue weighted by atomic mass is 16.2. The van der Waals surface area contributed by atoms with Gasteiger partial charge in [0.2, 0.25) is 5.91 Å². The van der Waals surface area contributed by atoms with E-state index in [1.807, 2.05) is 0 Å². The molecule has 3 N–H and O–H groups in total. The first-order valence-corrected chi connectivity index (χ1v) is 6.15. The maximum absolute atomic E-state index is 12.1. The van der Waals surface area contributed by atoms with Gasteiger partial charge in [-0.2, -0.15) is 5.10 Å². The van der Waals surface area contributed by atoms with Crippen LogP contribution in [0.5, 0.6) is 0 Å². The quantitative estimate of drug-likeness (QED) is 0.807. The van der Waals surface area contributed by atoms with E-state index in [1.54, 1.807) is 48.4 Å². The smallest absolute Gasteiger partial charge is 0.250 e. The van der Waals surface area contributed by atoms with Crippen molar-refractivity contribution < 1.29 is 4.79 Å². The first kappa shape index (κ1) is 13.8. The Hall–Kier alpha value is -2.65. The van der Waals surface area contributed by atoms with Gasteiger partial charge in [0.25, 0.3) is 0 Å². The minimum absolute atomic E-state index is 0.190. The lowest BCUT2D eigenvalue weighted by Crippen LogP contribution is -2.24. The highest BCUT2D eigenvalue weighted by molar-refractivity contribution is 5.92. The van der Waals surface area contributed by atoms with Crippen molar-refractivity contribution in [2.24, 2.45) is 5.73 Å². The van der Waals surface area contributed by atoms with Gasteiger partial charge in [0, 0.05) is 24.2 Å². The van der Waals surface area contributed by atoms with Gasteiger partial charge in [0.1, 0.15) is 11.9 Å². The van der Waals surface area contributed by atoms with Crippen LogP contribution in [0, 0.1) is 11.8 Å². The van der Waals surface area contributed by atoms with Gasteiger partial charge in [0.15, 0.2) is 0 Å². The Kier molecular flexibility index (Phi) is 4.47. The van der Waals surface area contributed by atoms with Crippen molar-refractivity contribution in [2.75, 3.05) is 11.9 Å². The van der Waals surface area contributed by atoms with Gasteiger partial charge in [-0.15, -0.1) is 0 Å². The molecular weight excluding hydrogens is 254 g/mol. The molecule has 0 saturated heterocycles. The van der Waals surface area contributed by atoms with Gasteiger partial charge in [-0.1, -0.05) is 11.8 Å². The predicted octanol–water partition coefficient (Wildman–Crippen LogP) is 0.788. The molecule has 2 aromatic rings. The van der Waals surface area contributed by atoms with Gasteiger partial charge in [-0.25, -0.2) is 4.98 Å². The van der Waals surface area contributed by atoms with Crippen molar-refractivity contribution in [3.8, 4) is 11.8 Å². The van der Waals surface area contributed by atoms with Crippen molar-refractivity contribution in [3.05, 3.63) is 42.4 Å². The molecule has 6 heteroatoms. The lowest BCUT2D eigenvalue weighted by atomic mass is 10.2. The number of anilines is 1. The monoisotopic (exact) mass is 269 g/mol. The molecule has 0 radical (unpaired) electrons. The predicted molar refractivity (Wildman–Crippen MR) is 75.7 cm³/mol. The van der Waals surface area contributed by atoms with Crippen LogP contribution in [0.4, 0.5) is 5.82 Å². The second-order valence-electron chi connectivity index (χ2n) is 4.09. The van der Waals surface area contributed by atoms with Crippen LogP contribution in [0.1, 0.15) is 18.5 Å². The second-order valence-corrected chi connectivity index (χ2v) is 4.09. The number of nitrogens with zero attached hydrogens (tertiary/aromatic N) is 3. The molecule has 6 nitrogen and oxygen atoms in total. The van der Waals surface area contributed by atoms with E-state index in [4.69, 9.17) is 5.73 Å². The lowest BCUT2D eigenvalue weighted by Gasteiger charge is -2.12. The zero-order valence-corrected chi connectivity index (χ0v) is 11.1. The van der Waals surface area contributed by atoms with Crippen molar-refractivity contribution >= 4 is 11.7 Å². The number of amides is 1. The fourth-order valence-corrected chi connectivity index (χ4v) is 1.59. The average molecular weight is 269 g/mol. The van der Waals surface area contributed by atoms with Crippen LogP contribution < -0.4 is 11.1 Å². The number of carbonyl (C=O) groups excluding carboxylic acids is 1. The topological polar surface area (TPSA) is 85.8 Å². The molecule has 2 aromatic heterocycles. The molecule has 0 fully saturated rings. The fraction of sp³-hybridized carbons (Fsp3) is 0.214. The van der Waals surface area contributed by atoms with Crippen LogP contribution in [-0.2, 0) is 4.79 Å². The van der Waals surface area contributed by atoms with E-state index in [0.29, 0.717) is 12.4 Å². The summed E-state index contributed by atoms with van der Waals surface area (Å²) >= 11 is 0. The minimum Gasteiger partial charge on any atom is -0.320 e.